The molecule has 0 fully saturated rings. The second-order valence-electron chi connectivity index (χ2n) is 5.88. The number of thiophene rings is 1. The van der Waals surface area contributed by atoms with Gasteiger partial charge in [-0.1, -0.05) is 6.92 Å². The second-order valence-corrected chi connectivity index (χ2v) is 6.97. The summed E-state index contributed by atoms with van der Waals surface area (Å²) in [6, 6.07) is 0. The summed E-state index contributed by atoms with van der Waals surface area (Å²) < 4.78 is 6.90. The predicted molar refractivity (Wildman–Crippen MR) is 87.7 cm³/mol. The number of methoxy groups -OCH3 is 1. The van der Waals surface area contributed by atoms with Crippen LogP contribution in [0.3, 0.4) is 0 Å². The number of aromatic nitrogens is 4. The van der Waals surface area contributed by atoms with Crippen LogP contribution in [0.25, 0.3) is 15.9 Å². The number of nitrogens with one attached hydrogen (secondary N) is 1. The van der Waals surface area contributed by atoms with E-state index in [1.54, 1.807) is 13.4 Å². The zero-order valence-corrected chi connectivity index (χ0v) is 13.6. The number of fused-ring (bicyclic) bond motifs is 5. The number of hydrogen-bond acceptors (Lipinski definition) is 6. The fraction of sp³-hybridized carbons (Fsp3) is 0.533. The molecule has 3 aromatic rings. The first kappa shape index (κ1) is 13.9. The second kappa shape index (κ2) is 5.48. The molecule has 0 aromatic carbocycles. The molecular weight excluding hydrogens is 298 g/mol. The van der Waals surface area contributed by atoms with E-state index in [1.165, 1.54) is 22.2 Å². The molecule has 0 radical (unpaired) electrons. The molecule has 7 heteroatoms. The molecular formula is C15H19N5OS. The zero-order valence-electron chi connectivity index (χ0n) is 12.8. The topological polar surface area (TPSA) is 64.3 Å². The number of hydrogen-bond donors (Lipinski definition) is 1. The summed E-state index contributed by atoms with van der Waals surface area (Å²) in [7, 11) is 1.69. The highest BCUT2D eigenvalue weighted by Crippen LogP contribution is 2.39. The van der Waals surface area contributed by atoms with Gasteiger partial charge in [-0.2, -0.15) is 9.61 Å². The Bertz CT molecular complexity index is 824. The monoisotopic (exact) mass is 317 g/mol. The first-order valence-electron chi connectivity index (χ1n) is 7.64. The first-order valence-corrected chi connectivity index (χ1v) is 8.46. The average molecular weight is 317 g/mol. The minimum absolute atomic E-state index is 0.633. The molecule has 0 aliphatic heterocycles. The summed E-state index contributed by atoms with van der Waals surface area (Å²) >= 11 is 1.81. The van der Waals surface area contributed by atoms with Gasteiger partial charge >= 0.3 is 0 Å². The molecule has 1 atom stereocenters. The zero-order chi connectivity index (χ0) is 15.1. The molecule has 1 aliphatic carbocycles. The highest BCUT2D eigenvalue weighted by Gasteiger charge is 2.24. The molecule has 1 N–H and O–H groups in total. The van der Waals surface area contributed by atoms with Crippen molar-refractivity contribution >= 4 is 33.1 Å². The van der Waals surface area contributed by atoms with Crippen LogP contribution in [0.5, 0.6) is 0 Å². The Kier molecular flexibility index (Phi) is 3.46. The van der Waals surface area contributed by atoms with E-state index in [9.17, 15) is 0 Å². The molecule has 0 amide bonds. The number of rotatable bonds is 4. The lowest BCUT2D eigenvalue weighted by Crippen LogP contribution is -2.13. The van der Waals surface area contributed by atoms with Gasteiger partial charge in [-0.15, -0.1) is 11.3 Å². The number of ether oxygens (including phenoxy) is 1. The lowest BCUT2D eigenvalue weighted by molar-refractivity contribution is 0.210. The molecule has 3 aromatic heterocycles. The van der Waals surface area contributed by atoms with Crippen LogP contribution >= 0.6 is 11.3 Å². The quantitative estimate of drug-likeness (QED) is 0.749. The summed E-state index contributed by atoms with van der Waals surface area (Å²) in [5, 5.41) is 8.82. The van der Waals surface area contributed by atoms with Crippen molar-refractivity contribution in [2.45, 2.75) is 26.2 Å². The van der Waals surface area contributed by atoms with Crippen LogP contribution in [0.1, 0.15) is 23.8 Å². The standard InChI is InChI=1S/C15H19N5OS/c1-9-3-4-11-10(7-9)12-13-17-8-18-20(13)15(16-5-6-21-2)19-14(12)22-11/h8-9H,3-7H2,1-2H3,(H,16,19)/t9-/m1/s1. The number of aryl methyl sites for hydroxylation is 1. The van der Waals surface area contributed by atoms with Crippen molar-refractivity contribution in [3.63, 3.8) is 0 Å². The Morgan fingerprint density at radius 3 is 3.27 bits per heavy atom. The maximum absolute atomic E-state index is 5.09. The van der Waals surface area contributed by atoms with Gasteiger partial charge in [0.05, 0.1) is 12.0 Å². The fourth-order valence-electron chi connectivity index (χ4n) is 3.14. The van der Waals surface area contributed by atoms with Gasteiger partial charge in [0, 0.05) is 18.5 Å². The maximum Gasteiger partial charge on any atom is 0.227 e. The van der Waals surface area contributed by atoms with E-state index < -0.39 is 0 Å². The third-order valence-electron chi connectivity index (χ3n) is 4.26. The van der Waals surface area contributed by atoms with Crippen LogP contribution in [0, 0.1) is 5.92 Å². The van der Waals surface area contributed by atoms with Crippen LogP contribution < -0.4 is 5.32 Å². The molecule has 116 valence electrons. The van der Waals surface area contributed by atoms with Crippen LogP contribution in [0.15, 0.2) is 6.33 Å². The Labute approximate surface area is 132 Å². The van der Waals surface area contributed by atoms with Crippen LogP contribution in [-0.4, -0.2) is 39.8 Å². The fourth-order valence-corrected chi connectivity index (χ4v) is 4.35. The molecule has 3 heterocycles. The SMILES string of the molecule is COCCNc1nc2sc3c(c2c2ncnn12)C[C@H](C)CC3. The highest BCUT2D eigenvalue weighted by molar-refractivity contribution is 7.19. The van der Waals surface area contributed by atoms with Crippen molar-refractivity contribution in [1.82, 2.24) is 19.6 Å². The van der Waals surface area contributed by atoms with Crippen LogP contribution in [0.4, 0.5) is 5.95 Å². The smallest absolute Gasteiger partial charge is 0.227 e. The van der Waals surface area contributed by atoms with Crippen LogP contribution in [0.2, 0.25) is 0 Å². The van der Waals surface area contributed by atoms with Gasteiger partial charge in [0.15, 0.2) is 5.65 Å². The molecule has 0 bridgehead atoms. The van der Waals surface area contributed by atoms with E-state index in [0.717, 1.165) is 35.2 Å². The Hall–Kier alpha value is -1.73. The lowest BCUT2D eigenvalue weighted by atomic mass is 9.89. The molecule has 22 heavy (non-hydrogen) atoms. The Morgan fingerprint density at radius 2 is 2.41 bits per heavy atom. The van der Waals surface area contributed by atoms with Gasteiger partial charge in [0.2, 0.25) is 5.95 Å². The first-order chi connectivity index (χ1) is 10.8. The molecule has 1 aliphatic rings. The van der Waals surface area contributed by atoms with Crippen molar-refractivity contribution in [3.8, 4) is 0 Å². The summed E-state index contributed by atoms with van der Waals surface area (Å²) in [4.78, 5) is 11.8. The number of nitrogens with zero attached hydrogens (tertiary/aromatic N) is 4. The summed E-state index contributed by atoms with van der Waals surface area (Å²) in [5.41, 5.74) is 2.35. The average Bonchev–Trinajstić information content (AvgIpc) is 3.10. The summed E-state index contributed by atoms with van der Waals surface area (Å²) in [5.74, 6) is 1.47. The van der Waals surface area contributed by atoms with Gasteiger partial charge in [-0.05, 0) is 30.7 Å². The maximum atomic E-state index is 5.09. The highest BCUT2D eigenvalue weighted by atomic mass is 32.1. The number of anilines is 1. The molecule has 4 rings (SSSR count). The summed E-state index contributed by atoms with van der Waals surface area (Å²) in [6.07, 6.45) is 5.15. The Balaban J connectivity index is 1.88. The third kappa shape index (κ3) is 2.16. The lowest BCUT2D eigenvalue weighted by Gasteiger charge is -2.17. The van der Waals surface area contributed by atoms with Gasteiger partial charge < -0.3 is 10.1 Å². The molecule has 0 saturated heterocycles. The van der Waals surface area contributed by atoms with Crippen molar-refractivity contribution in [2.24, 2.45) is 5.92 Å². The van der Waals surface area contributed by atoms with Crippen LogP contribution in [-0.2, 0) is 17.6 Å². The molecule has 0 spiro atoms. The predicted octanol–water partition coefficient (Wildman–Crippen LogP) is 2.52. The van der Waals surface area contributed by atoms with E-state index in [0.29, 0.717) is 13.2 Å². The van der Waals surface area contributed by atoms with Gasteiger partial charge in [0.1, 0.15) is 11.2 Å². The van der Waals surface area contributed by atoms with Crippen molar-refractivity contribution < 1.29 is 4.74 Å². The van der Waals surface area contributed by atoms with Crippen molar-refractivity contribution in [1.29, 1.82) is 0 Å². The van der Waals surface area contributed by atoms with Gasteiger partial charge in [-0.3, -0.25) is 0 Å². The van der Waals surface area contributed by atoms with Crippen molar-refractivity contribution in [2.75, 3.05) is 25.6 Å². The van der Waals surface area contributed by atoms with Crippen molar-refractivity contribution in [3.05, 3.63) is 16.8 Å². The minimum atomic E-state index is 0.633. The van der Waals surface area contributed by atoms with E-state index in [-0.39, 0.29) is 0 Å². The molecule has 0 unspecified atom stereocenters. The van der Waals surface area contributed by atoms with E-state index in [4.69, 9.17) is 9.72 Å². The molecule has 6 nitrogen and oxygen atoms in total. The van der Waals surface area contributed by atoms with Gasteiger partial charge in [-0.25, -0.2) is 9.97 Å². The normalized spacial score (nSPS) is 18.0. The van der Waals surface area contributed by atoms with E-state index in [2.05, 4.69) is 22.3 Å². The molecule has 0 saturated carbocycles. The third-order valence-corrected chi connectivity index (χ3v) is 5.44. The minimum Gasteiger partial charge on any atom is -0.383 e. The van der Waals surface area contributed by atoms with E-state index >= 15 is 0 Å². The summed E-state index contributed by atoms with van der Waals surface area (Å²) in [6.45, 7) is 3.65. The largest absolute Gasteiger partial charge is 0.383 e. The van der Waals surface area contributed by atoms with Gasteiger partial charge in [0.25, 0.3) is 0 Å². The Morgan fingerprint density at radius 1 is 1.50 bits per heavy atom. The van der Waals surface area contributed by atoms with E-state index in [1.807, 2.05) is 15.9 Å².